The van der Waals surface area contributed by atoms with Gasteiger partial charge in [0.05, 0.1) is 19.3 Å². The molecule has 23 heavy (non-hydrogen) atoms. The minimum Gasteiger partial charge on any atom is -0.378 e. The van der Waals surface area contributed by atoms with Crippen molar-refractivity contribution in [2.75, 3.05) is 31.6 Å². The third-order valence-electron chi connectivity index (χ3n) is 3.89. The van der Waals surface area contributed by atoms with Gasteiger partial charge in [0, 0.05) is 24.3 Å². The minimum absolute atomic E-state index is 0.0514. The molecule has 1 atom stereocenters. The topological polar surface area (TPSA) is 84.7 Å². The summed E-state index contributed by atoms with van der Waals surface area (Å²) < 4.78 is 5.26. The van der Waals surface area contributed by atoms with E-state index in [1.807, 2.05) is 20.8 Å². The van der Waals surface area contributed by atoms with E-state index in [-0.39, 0.29) is 17.2 Å². The smallest absolute Gasteiger partial charge is 0.254 e. The number of carbonyl (C=O) groups excluding carboxylic acids is 2. The summed E-state index contributed by atoms with van der Waals surface area (Å²) in [5, 5.41) is 2.79. The highest BCUT2D eigenvalue weighted by Gasteiger charge is 2.27. The molecule has 1 aromatic carbocycles. The van der Waals surface area contributed by atoms with Crippen LogP contribution in [0.1, 0.15) is 31.1 Å². The predicted molar refractivity (Wildman–Crippen MR) is 89.2 cm³/mol. The summed E-state index contributed by atoms with van der Waals surface area (Å²) in [6.07, 6.45) is 0. The normalized spacial score (nSPS) is 16.8. The van der Waals surface area contributed by atoms with Crippen LogP contribution in [0.4, 0.5) is 5.69 Å². The summed E-state index contributed by atoms with van der Waals surface area (Å²) in [5.41, 5.74) is 6.76. The zero-order valence-electron chi connectivity index (χ0n) is 14.0. The van der Waals surface area contributed by atoms with E-state index in [9.17, 15) is 9.59 Å². The first-order chi connectivity index (χ1) is 10.8. The lowest BCUT2D eigenvalue weighted by Gasteiger charge is -2.27. The van der Waals surface area contributed by atoms with Gasteiger partial charge in [-0.2, -0.15) is 0 Å². The number of nitrogens with zero attached hydrogens (tertiary/aromatic N) is 1. The van der Waals surface area contributed by atoms with Gasteiger partial charge in [-0.3, -0.25) is 9.59 Å². The number of nitrogens with one attached hydrogen (secondary N) is 1. The van der Waals surface area contributed by atoms with Crippen LogP contribution >= 0.6 is 0 Å². The summed E-state index contributed by atoms with van der Waals surface area (Å²) in [7, 11) is 0. The summed E-state index contributed by atoms with van der Waals surface area (Å²) in [6, 6.07) is 6.32. The number of benzene rings is 1. The maximum atomic E-state index is 12.5. The second kappa shape index (κ2) is 7.10. The fraction of sp³-hybridized carbons (Fsp3) is 0.529. The van der Waals surface area contributed by atoms with Crippen molar-refractivity contribution in [1.29, 1.82) is 0 Å². The molecule has 0 saturated carbocycles. The van der Waals surface area contributed by atoms with Gasteiger partial charge in [-0.1, -0.05) is 26.8 Å². The second-order valence-electron chi connectivity index (χ2n) is 6.82. The third-order valence-corrected chi connectivity index (χ3v) is 3.89. The molecule has 0 aliphatic carbocycles. The first-order valence-electron chi connectivity index (χ1n) is 7.82. The average molecular weight is 319 g/mol. The molecule has 2 amide bonds. The van der Waals surface area contributed by atoms with Crippen molar-refractivity contribution >= 4 is 17.5 Å². The molecule has 6 nitrogen and oxygen atoms in total. The number of nitrogens with two attached hydrogens (primary N) is 1. The second-order valence-corrected chi connectivity index (χ2v) is 6.82. The van der Waals surface area contributed by atoms with Crippen LogP contribution in [-0.4, -0.2) is 49.1 Å². The van der Waals surface area contributed by atoms with Crippen LogP contribution < -0.4 is 11.1 Å². The molecule has 1 aromatic rings. The van der Waals surface area contributed by atoms with E-state index in [1.54, 1.807) is 29.2 Å². The van der Waals surface area contributed by atoms with E-state index >= 15 is 0 Å². The highest BCUT2D eigenvalue weighted by atomic mass is 16.5. The van der Waals surface area contributed by atoms with Crippen LogP contribution in [0.2, 0.25) is 0 Å². The summed E-state index contributed by atoms with van der Waals surface area (Å²) in [6.45, 7) is 8.03. The molecule has 2 rings (SSSR count). The van der Waals surface area contributed by atoms with Crippen LogP contribution in [0.25, 0.3) is 0 Å². The number of hydrogen-bond donors (Lipinski definition) is 2. The monoisotopic (exact) mass is 319 g/mol. The first-order valence-corrected chi connectivity index (χ1v) is 7.82. The van der Waals surface area contributed by atoms with E-state index in [2.05, 4.69) is 5.32 Å². The van der Waals surface area contributed by atoms with Gasteiger partial charge in [-0.15, -0.1) is 0 Å². The molecule has 0 bridgehead atoms. The average Bonchev–Trinajstić information content (AvgIpc) is 2.53. The summed E-state index contributed by atoms with van der Waals surface area (Å²) >= 11 is 0. The van der Waals surface area contributed by atoms with Crippen LogP contribution in [0.15, 0.2) is 24.3 Å². The number of carbonyl (C=O) groups is 2. The zero-order chi connectivity index (χ0) is 17.0. The summed E-state index contributed by atoms with van der Waals surface area (Å²) in [5.74, 6) is -0.307. The molecule has 0 aromatic heterocycles. The standard InChI is InChI=1S/C17H25N3O3/c1-17(2,3)14(18)15(21)19-13-6-4-5-12(11-13)16(22)20-7-9-23-10-8-20/h4-6,11,14H,7-10,18H2,1-3H3,(H,19,21)/t14-/m1/s1. The van der Waals surface area contributed by atoms with Gasteiger partial charge in [0.1, 0.15) is 0 Å². The van der Waals surface area contributed by atoms with E-state index in [0.717, 1.165) is 0 Å². The van der Waals surface area contributed by atoms with Crippen molar-refractivity contribution in [3.05, 3.63) is 29.8 Å². The number of hydrogen-bond acceptors (Lipinski definition) is 4. The largest absolute Gasteiger partial charge is 0.378 e. The molecule has 0 unspecified atom stereocenters. The highest BCUT2D eigenvalue weighted by molar-refractivity contribution is 5.98. The molecule has 6 heteroatoms. The van der Waals surface area contributed by atoms with Gasteiger partial charge in [0.2, 0.25) is 5.91 Å². The Bertz CT molecular complexity index is 575. The van der Waals surface area contributed by atoms with Crippen molar-refractivity contribution in [3.63, 3.8) is 0 Å². The van der Waals surface area contributed by atoms with Gasteiger partial charge in [0.25, 0.3) is 5.91 Å². The SMILES string of the molecule is CC(C)(C)[C@H](N)C(=O)Nc1cccc(C(=O)N2CCOCC2)c1. The van der Waals surface area contributed by atoms with Crippen molar-refractivity contribution in [1.82, 2.24) is 4.90 Å². The summed E-state index contributed by atoms with van der Waals surface area (Å²) in [4.78, 5) is 26.4. The molecule has 126 valence electrons. The molecule has 1 saturated heterocycles. The molecule has 1 aliphatic rings. The Labute approximate surface area is 137 Å². The molecule has 0 spiro atoms. The Balaban J connectivity index is 2.07. The molecule has 1 heterocycles. The molecule has 3 N–H and O–H groups in total. The molecule has 1 fully saturated rings. The van der Waals surface area contributed by atoms with E-state index in [4.69, 9.17) is 10.5 Å². The van der Waals surface area contributed by atoms with Gasteiger partial charge >= 0.3 is 0 Å². The van der Waals surface area contributed by atoms with Crippen molar-refractivity contribution in [2.24, 2.45) is 11.1 Å². The molecular weight excluding hydrogens is 294 g/mol. The number of amides is 2. The van der Waals surface area contributed by atoms with Crippen LogP contribution in [0.5, 0.6) is 0 Å². The molecular formula is C17H25N3O3. The van der Waals surface area contributed by atoms with Gasteiger partial charge < -0.3 is 20.7 Å². The van der Waals surface area contributed by atoms with Gasteiger partial charge in [0.15, 0.2) is 0 Å². The third kappa shape index (κ3) is 4.53. The Morgan fingerprint density at radius 3 is 2.52 bits per heavy atom. The number of anilines is 1. The lowest BCUT2D eigenvalue weighted by Crippen LogP contribution is -2.45. The lowest BCUT2D eigenvalue weighted by molar-refractivity contribution is -0.119. The van der Waals surface area contributed by atoms with Crippen LogP contribution in [-0.2, 0) is 9.53 Å². The predicted octanol–water partition coefficient (Wildman–Crippen LogP) is 1.47. The fourth-order valence-electron chi connectivity index (χ4n) is 2.29. The lowest BCUT2D eigenvalue weighted by atomic mass is 9.87. The maximum absolute atomic E-state index is 12.5. The van der Waals surface area contributed by atoms with Gasteiger partial charge in [-0.05, 0) is 23.6 Å². The molecule has 1 aliphatic heterocycles. The minimum atomic E-state index is -0.624. The van der Waals surface area contributed by atoms with E-state index < -0.39 is 6.04 Å². The first kappa shape index (κ1) is 17.4. The maximum Gasteiger partial charge on any atom is 0.254 e. The Morgan fingerprint density at radius 2 is 1.91 bits per heavy atom. The highest BCUT2D eigenvalue weighted by Crippen LogP contribution is 2.20. The van der Waals surface area contributed by atoms with Crippen LogP contribution in [0.3, 0.4) is 0 Å². The number of morpholine rings is 1. The van der Waals surface area contributed by atoms with Crippen molar-refractivity contribution in [3.8, 4) is 0 Å². The quantitative estimate of drug-likeness (QED) is 0.883. The van der Waals surface area contributed by atoms with Crippen LogP contribution in [0, 0.1) is 5.41 Å². The van der Waals surface area contributed by atoms with Crippen molar-refractivity contribution < 1.29 is 14.3 Å². The van der Waals surface area contributed by atoms with Crippen molar-refractivity contribution in [2.45, 2.75) is 26.8 Å². The fourth-order valence-corrected chi connectivity index (χ4v) is 2.29. The van der Waals surface area contributed by atoms with E-state index in [0.29, 0.717) is 37.6 Å². The Kier molecular flexibility index (Phi) is 5.38. The Morgan fingerprint density at radius 1 is 1.26 bits per heavy atom. The van der Waals surface area contributed by atoms with E-state index in [1.165, 1.54) is 0 Å². The zero-order valence-corrected chi connectivity index (χ0v) is 14.0. The number of ether oxygens (including phenoxy) is 1. The molecule has 0 radical (unpaired) electrons. The van der Waals surface area contributed by atoms with Gasteiger partial charge in [-0.25, -0.2) is 0 Å². The number of rotatable bonds is 3. The Hall–Kier alpha value is -1.92.